The Hall–Kier alpha value is -1.17. The molecular weight excluding hydrogens is 327 g/mol. The lowest BCUT2D eigenvalue weighted by Gasteiger charge is -2.22. The number of rotatable bonds is 3. The first-order valence-electron chi connectivity index (χ1n) is 6.61. The molecule has 0 spiro atoms. The van der Waals surface area contributed by atoms with Gasteiger partial charge in [-0.05, 0) is 35.6 Å². The van der Waals surface area contributed by atoms with Gasteiger partial charge in [0.2, 0.25) is 0 Å². The minimum atomic E-state index is -0.440. The number of aromatic amines is 1. The number of hydrogen-bond acceptors (Lipinski definition) is 2. The van der Waals surface area contributed by atoms with Crippen molar-refractivity contribution in [2.45, 2.75) is 19.9 Å². The zero-order valence-electron chi connectivity index (χ0n) is 11.6. The van der Waals surface area contributed by atoms with Gasteiger partial charge in [-0.1, -0.05) is 31.5 Å². The van der Waals surface area contributed by atoms with Crippen LogP contribution in [-0.4, -0.2) is 9.55 Å². The number of hydrogen-bond donors (Lipinski definition) is 1. The van der Waals surface area contributed by atoms with Crippen LogP contribution in [0.4, 0.5) is 4.39 Å². The normalized spacial score (nSPS) is 13.2. The van der Waals surface area contributed by atoms with Gasteiger partial charge in [-0.3, -0.25) is 0 Å². The van der Waals surface area contributed by atoms with Crippen molar-refractivity contribution in [2.75, 3.05) is 0 Å². The predicted octanol–water partition coefficient (Wildman–Crippen LogP) is 5.80. The molecule has 3 rings (SSSR count). The third-order valence-corrected chi connectivity index (χ3v) is 5.03. The standard InChI is InChI=1S/C15H14ClFN2S2/c1-8(2)14(13-4-3-5-21-13)19-12-6-9(16)10(17)7-11(12)18-15(19)20/h3-8,14H,1-2H3,(H,18,20). The average Bonchev–Trinajstić information content (AvgIpc) is 3.01. The minimum absolute atomic E-state index is 0.104. The predicted molar refractivity (Wildman–Crippen MR) is 89.4 cm³/mol. The van der Waals surface area contributed by atoms with Crippen molar-refractivity contribution in [3.63, 3.8) is 0 Å². The maximum absolute atomic E-state index is 13.6. The molecule has 110 valence electrons. The fourth-order valence-electron chi connectivity index (χ4n) is 2.61. The Bertz CT molecular complexity index is 833. The van der Waals surface area contributed by atoms with Crippen molar-refractivity contribution < 1.29 is 4.39 Å². The Labute approximate surface area is 136 Å². The van der Waals surface area contributed by atoms with Crippen LogP contribution in [-0.2, 0) is 0 Å². The first-order valence-corrected chi connectivity index (χ1v) is 8.28. The lowest BCUT2D eigenvalue weighted by Crippen LogP contribution is -2.15. The van der Waals surface area contributed by atoms with E-state index in [0.717, 1.165) is 5.52 Å². The highest BCUT2D eigenvalue weighted by Gasteiger charge is 2.22. The summed E-state index contributed by atoms with van der Waals surface area (Å²) in [5, 5.41) is 2.16. The van der Waals surface area contributed by atoms with Gasteiger partial charge < -0.3 is 9.55 Å². The highest BCUT2D eigenvalue weighted by atomic mass is 35.5. The molecule has 0 amide bonds. The van der Waals surface area contributed by atoms with Gasteiger partial charge in [0, 0.05) is 10.9 Å². The Morgan fingerprint density at radius 2 is 2.14 bits per heavy atom. The van der Waals surface area contributed by atoms with Crippen LogP contribution in [0.25, 0.3) is 11.0 Å². The molecule has 1 atom stereocenters. The molecule has 0 aliphatic carbocycles. The smallest absolute Gasteiger partial charge is 0.178 e. The zero-order valence-corrected chi connectivity index (χ0v) is 14.0. The minimum Gasteiger partial charge on any atom is -0.330 e. The van der Waals surface area contributed by atoms with Crippen molar-refractivity contribution in [2.24, 2.45) is 5.92 Å². The van der Waals surface area contributed by atoms with Gasteiger partial charge in [0.1, 0.15) is 5.82 Å². The third-order valence-electron chi connectivity index (χ3n) is 3.50. The van der Waals surface area contributed by atoms with E-state index in [2.05, 4.69) is 30.3 Å². The van der Waals surface area contributed by atoms with Crippen molar-refractivity contribution in [3.8, 4) is 0 Å². The van der Waals surface area contributed by atoms with Crippen LogP contribution in [0.1, 0.15) is 24.8 Å². The molecule has 0 aliphatic rings. The molecule has 0 fully saturated rings. The van der Waals surface area contributed by atoms with Crippen LogP contribution < -0.4 is 0 Å². The average molecular weight is 341 g/mol. The number of thiophene rings is 1. The Morgan fingerprint density at radius 1 is 1.38 bits per heavy atom. The third kappa shape index (κ3) is 2.54. The number of halogens is 2. The number of benzene rings is 1. The highest BCUT2D eigenvalue weighted by Crippen LogP contribution is 2.34. The molecule has 3 aromatic rings. The van der Waals surface area contributed by atoms with Gasteiger partial charge in [-0.15, -0.1) is 11.3 Å². The molecule has 1 unspecified atom stereocenters. The zero-order chi connectivity index (χ0) is 15.1. The highest BCUT2D eigenvalue weighted by molar-refractivity contribution is 7.71. The Morgan fingerprint density at radius 3 is 2.76 bits per heavy atom. The van der Waals surface area contributed by atoms with E-state index in [1.807, 2.05) is 10.6 Å². The number of nitrogens with zero attached hydrogens (tertiary/aromatic N) is 1. The van der Waals surface area contributed by atoms with E-state index < -0.39 is 5.82 Å². The first kappa shape index (κ1) is 14.8. The van der Waals surface area contributed by atoms with Crippen molar-refractivity contribution >= 4 is 46.2 Å². The molecule has 0 radical (unpaired) electrons. The second-order valence-corrected chi connectivity index (χ2v) is 7.06. The molecule has 0 bridgehead atoms. The van der Waals surface area contributed by atoms with E-state index in [9.17, 15) is 4.39 Å². The second-order valence-electron chi connectivity index (χ2n) is 5.29. The van der Waals surface area contributed by atoms with Crippen molar-refractivity contribution in [1.82, 2.24) is 9.55 Å². The molecule has 1 N–H and O–H groups in total. The Kier molecular flexibility index (Phi) is 3.90. The quantitative estimate of drug-likeness (QED) is 0.598. The van der Waals surface area contributed by atoms with E-state index in [0.29, 0.717) is 16.2 Å². The topological polar surface area (TPSA) is 20.7 Å². The molecule has 0 aliphatic heterocycles. The molecule has 0 saturated heterocycles. The molecule has 6 heteroatoms. The van der Waals surface area contributed by atoms with E-state index in [1.54, 1.807) is 17.4 Å². The maximum Gasteiger partial charge on any atom is 0.178 e. The number of nitrogens with one attached hydrogen (secondary N) is 1. The summed E-state index contributed by atoms with van der Waals surface area (Å²) in [6, 6.07) is 7.27. The van der Waals surface area contributed by atoms with Gasteiger partial charge in [-0.2, -0.15) is 0 Å². The van der Waals surface area contributed by atoms with Gasteiger partial charge in [0.05, 0.1) is 22.1 Å². The summed E-state index contributed by atoms with van der Waals surface area (Å²) in [6.45, 7) is 4.30. The molecule has 21 heavy (non-hydrogen) atoms. The number of fused-ring (bicyclic) bond motifs is 1. The Balaban J connectivity index is 2.30. The maximum atomic E-state index is 13.6. The number of imidazole rings is 1. The lowest BCUT2D eigenvalue weighted by molar-refractivity contribution is 0.449. The van der Waals surface area contributed by atoms with Crippen LogP contribution in [0, 0.1) is 16.5 Å². The van der Waals surface area contributed by atoms with Crippen molar-refractivity contribution in [3.05, 3.63) is 50.1 Å². The fraction of sp³-hybridized carbons (Fsp3) is 0.267. The van der Waals surface area contributed by atoms with Crippen LogP contribution in [0.3, 0.4) is 0 Å². The van der Waals surface area contributed by atoms with Gasteiger partial charge in [0.25, 0.3) is 0 Å². The monoisotopic (exact) mass is 340 g/mol. The SMILES string of the molecule is CC(C)C(c1cccs1)n1c(=S)[nH]c2cc(F)c(Cl)cc21. The molecule has 2 nitrogen and oxygen atoms in total. The van der Waals surface area contributed by atoms with E-state index in [4.69, 9.17) is 23.8 Å². The lowest BCUT2D eigenvalue weighted by atomic mass is 10.0. The second kappa shape index (κ2) is 5.55. The van der Waals surface area contributed by atoms with E-state index >= 15 is 0 Å². The number of H-pyrrole nitrogens is 1. The summed E-state index contributed by atoms with van der Waals surface area (Å²) in [7, 11) is 0. The summed E-state index contributed by atoms with van der Waals surface area (Å²) < 4.78 is 16.2. The van der Waals surface area contributed by atoms with Crippen molar-refractivity contribution in [1.29, 1.82) is 0 Å². The van der Waals surface area contributed by atoms with Crippen LogP contribution in [0.5, 0.6) is 0 Å². The van der Waals surface area contributed by atoms with Crippen LogP contribution in [0.2, 0.25) is 5.02 Å². The van der Waals surface area contributed by atoms with Crippen LogP contribution >= 0.6 is 35.2 Å². The molecule has 0 saturated carbocycles. The largest absolute Gasteiger partial charge is 0.330 e. The summed E-state index contributed by atoms with van der Waals surface area (Å²) in [5.41, 5.74) is 1.50. The first-order chi connectivity index (χ1) is 9.99. The molecule has 2 heterocycles. The summed E-state index contributed by atoms with van der Waals surface area (Å²) in [6.07, 6.45) is 0. The van der Waals surface area contributed by atoms with Gasteiger partial charge in [0.15, 0.2) is 4.77 Å². The van der Waals surface area contributed by atoms with Gasteiger partial charge >= 0.3 is 0 Å². The van der Waals surface area contributed by atoms with Crippen LogP contribution in [0.15, 0.2) is 29.6 Å². The molecular formula is C15H14ClFN2S2. The summed E-state index contributed by atoms with van der Waals surface area (Å²) in [4.78, 5) is 4.30. The van der Waals surface area contributed by atoms with E-state index in [1.165, 1.54) is 10.9 Å². The van der Waals surface area contributed by atoms with Gasteiger partial charge in [-0.25, -0.2) is 4.39 Å². The summed E-state index contributed by atoms with van der Waals surface area (Å²) in [5.74, 6) is -0.0945. The fourth-order valence-corrected chi connectivity index (χ4v) is 4.08. The van der Waals surface area contributed by atoms with E-state index in [-0.39, 0.29) is 11.1 Å². The molecule has 2 aromatic heterocycles. The molecule has 1 aromatic carbocycles. The number of aromatic nitrogens is 2. The summed E-state index contributed by atoms with van der Waals surface area (Å²) >= 11 is 13.1.